The highest BCUT2D eigenvalue weighted by atomic mass is 16.5. The van der Waals surface area contributed by atoms with Crippen LogP contribution in [0.15, 0.2) is 30.9 Å². The van der Waals surface area contributed by atoms with Crippen molar-refractivity contribution < 1.29 is 9.47 Å². The van der Waals surface area contributed by atoms with Crippen molar-refractivity contribution in [3.8, 4) is 17.6 Å². The van der Waals surface area contributed by atoms with E-state index in [1.807, 2.05) is 6.08 Å². The quantitative estimate of drug-likeness (QED) is 0.518. The van der Waals surface area contributed by atoms with Crippen LogP contribution in [-0.4, -0.2) is 13.7 Å². The molecular weight excluding hydrogens is 226 g/mol. The predicted molar refractivity (Wildman–Crippen MR) is 71.9 cm³/mol. The number of hydrogen-bond acceptors (Lipinski definition) is 3. The molecule has 0 aliphatic heterocycles. The van der Waals surface area contributed by atoms with Gasteiger partial charge < -0.3 is 9.47 Å². The monoisotopic (exact) mass is 245 g/mol. The molecule has 0 N–H and O–H groups in total. The summed E-state index contributed by atoms with van der Waals surface area (Å²) in [5.41, 5.74) is 0.574. The number of methoxy groups -OCH3 is 1. The first-order valence-electron chi connectivity index (χ1n) is 6.13. The molecule has 0 aliphatic rings. The van der Waals surface area contributed by atoms with Crippen molar-refractivity contribution in [1.29, 1.82) is 5.26 Å². The molecule has 0 heterocycles. The van der Waals surface area contributed by atoms with Gasteiger partial charge in [0.1, 0.15) is 0 Å². The highest BCUT2D eigenvalue weighted by molar-refractivity contribution is 5.46. The van der Waals surface area contributed by atoms with Crippen LogP contribution in [0.4, 0.5) is 0 Å². The zero-order valence-corrected chi connectivity index (χ0v) is 10.8. The number of hydrogen-bond donors (Lipinski definition) is 0. The normalized spacial score (nSPS) is 9.56. The minimum absolute atomic E-state index is 0.574. The molecule has 0 fully saturated rings. The van der Waals surface area contributed by atoms with E-state index >= 15 is 0 Å². The lowest BCUT2D eigenvalue weighted by Gasteiger charge is -2.10. The molecular formula is C15H19NO2. The first-order valence-corrected chi connectivity index (χ1v) is 6.13. The zero-order chi connectivity index (χ0) is 13.2. The van der Waals surface area contributed by atoms with E-state index in [4.69, 9.17) is 14.7 Å². The van der Waals surface area contributed by atoms with Crippen LogP contribution in [0, 0.1) is 11.3 Å². The van der Waals surface area contributed by atoms with Crippen LogP contribution in [0.1, 0.15) is 31.2 Å². The van der Waals surface area contributed by atoms with E-state index in [9.17, 15) is 0 Å². The summed E-state index contributed by atoms with van der Waals surface area (Å²) >= 11 is 0. The predicted octanol–water partition coefficient (Wildman–Crippen LogP) is 3.69. The molecule has 0 aromatic heterocycles. The van der Waals surface area contributed by atoms with Gasteiger partial charge >= 0.3 is 0 Å². The van der Waals surface area contributed by atoms with E-state index in [-0.39, 0.29) is 0 Å². The third-order valence-electron chi connectivity index (χ3n) is 2.60. The van der Waals surface area contributed by atoms with E-state index in [0.717, 1.165) is 25.7 Å². The van der Waals surface area contributed by atoms with Crippen molar-refractivity contribution in [2.24, 2.45) is 0 Å². The van der Waals surface area contributed by atoms with E-state index in [1.165, 1.54) is 0 Å². The summed E-state index contributed by atoms with van der Waals surface area (Å²) in [7, 11) is 1.58. The zero-order valence-electron chi connectivity index (χ0n) is 10.8. The van der Waals surface area contributed by atoms with Gasteiger partial charge in [-0.05, 0) is 37.8 Å². The summed E-state index contributed by atoms with van der Waals surface area (Å²) in [6.45, 7) is 4.36. The van der Waals surface area contributed by atoms with Gasteiger partial charge in [0, 0.05) is 6.07 Å². The second kappa shape index (κ2) is 8.19. The molecule has 1 rings (SSSR count). The van der Waals surface area contributed by atoms with Gasteiger partial charge in [0.15, 0.2) is 11.5 Å². The van der Waals surface area contributed by atoms with E-state index in [1.54, 1.807) is 25.3 Å². The average molecular weight is 245 g/mol. The molecule has 0 saturated carbocycles. The topological polar surface area (TPSA) is 42.2 Å². The van der Waals surface area contributed by atoms with Gasteiger partial charge in [-0.1, -0.05) is 6.08 Å². The standard InChI is InChI=1S/C15H19NO2/c1-3-4-5-6-7-10-18-14-9-8-13(12-16)11-15(14)17-2/h3,8-9,11H,1,4-7,10H2,2H3. The summed E-state index contributed by atoms with van der Waals surface area (Å²) in [6, 6.07) is 7.27. The van der Waals surface area contributed by atoms with Crippen LogP contribution in [0.25, 0.3) is 0 Å². The smallest absolute Gasteiger partial charge is 0.162 e. The third-order valence-corrected chi connectivity index (χ3v) is 2.60. The lowest BCUT2D eigenvalue weighted by atomic mass is 10.2. The highest BCUT2D eigenvalue weighted by Gasteiger charge is 2.05. The molecule has 0 atom stereocenters. The Labute approximate surface area is 109 Å². The summed E-state index contributed by atoms with van der Waals surface area (Å²) in [5.74, 6) is 1.31. The Morgan fingerprint density at radius 3 is 2.78 bits per heavy atom. The molecule has 0 bridgehead atoms. The fraction of sp³-hybridized carbons (Fsp3) is 0.400. The Morgan fingerprint density at radius 2 is 2.11 bits per heavy atom. The fourth-order valence-electron chi connectivity index (χ4n) is 1.61. The van der Waals surface area contributed by atoms with Crippen molar-refractivity contribution in [1.82, 2.24) is 0 Å². The Bertz CT molecular complexity index is 421. The molecule has 0 spiro atoms. The molecule has 3 heteroatoms. The SMILES string of the molecule is C=CCCCCCOc1ccc(C#N)cc1OC. The van der Waals surface area contributed by atoms with Crippen molar-refractivity contribution in [2.45, 2.75) is 25.7 Å². The first kappa shape index (κ1) is 14.1. The third kappa shape index (κ3) is 4.50. The largest absolute Gasteiger partial charge is 0.493 e. The average Bonchev–Trinajstić information content (AvgIpc) is 2.42. The van der Waals surface area contributed by atoms with Crippen molar-refractivity contribution in [3.05, 3.63) is 36.4 Å². The van der Waals surface area contributed by atoms with Crippen LogP contribution in [0.5, 0.6) is 11.5 Å². The second-order valence-corrected chi connectivity index (χ2v) is 3.96. The lowest BCUT2D eigenvalue weighted by Crippen LogP contribution is -1.99. The number of benzene rings is 1. The molecule has 1 aromatic rings. The van der Waals surface area contributed by atoms with Crippen molar-refractivity contribution in [3.63, 3.8) is 0 Å². The Hall–Kier alpha value is -1.95. The van der Waals surface area contributed by atoms with Gasteiger partial charge in [-0.2, -0.15) is 5.26 Å². The van der Waals surface area contributed by atoms with E-state index < -0.39 is 0 Å². The molecule has 18 heavy (non-hydrogen) atoms. The summed E-state index contributed by atoms with van der Waals surface area (Å²) in [4.78, 5) is 0. The van der Waals surface area contributed by atoms with Gasteiger partial charge in [-0.15, -0.1) is 6.58 Å². The fourth-order valence-corrected chi connectivity index (χ4v) is 1.61. The first-order chi connectivity index (χ1) is 8.81. The van der Waals surface area contributed by atoms with Crippen LogP contribution < -0.4 is 9.47 Å². The summed E-state index contributed by atoms with van der Waals surface area (Å²) < 4.78 is 10.8. The Kier molecular flexibility index (Phi) is 6.42. The van der Waals surface area contributed by atoms with Crippen LogP contribution in [0.2, 0.25) is 0 Å². The lowest BCUT2D eigenvalue weighted by molar-refractivity contribution is 0.285. The van der Waals surface area contributed by atoms with Crippen molar-refractivity contribution in [2.75, 3.05) is 13.7 Å². The molecule has 0 amide bonds. The summed E-state index contributed by atoms with van der Waals surface area (Å²) in [5, 5.41) is 8.79. The number of nitriles is 1. The van der Waals surface area contributed by atoms with Crippen LogP contribution in [-0.2, 0) is 0 Å². The van der Waals surface area contributed by atoms with E-state index in [0.29, 0.717) is 23.7 Å². The Balaban J connectivity index is 2.42. The molecule has 0 radical (unpaired) electrons. The Morgan fingerprint density at radius 1 is 1.28 bits per heavy atom. The minimum Gasteiger partial charge on any atom is -0.493 e. The van der Waals surface area contributed by atoms with Gasteiger partial charge in [0.05, 0.1) is 25.3 Å². The summed E-state index contributed by atoms with van der Waals surface area (Å²) in [6.07, 6.45) is 6.28. The molecule has 1 aromatic carbocycles. The maximum atomic E-state index is 8.79. The van der Waals surface area contributed by atoms with Crippen LogP contribution in [0.3, 0.4) is 0 Å². The van der Waals surface area contributed by atoms with Crippen molar-refractivity contribution >= 4 is 0 Å². The minimum atomic E-state index is 0.574. The number of nitrogens with zero attached hydrogens (tertiary/aromatic N) is 1. The van der Waals surface area contributed by atoms with E-state index in [2.05, 4.69) is 12.6 Å². The number of ether oxygens (including phenoxy) is 2. The van der Waals surface area contributed by atoms with Gasteiger partial charge in [0.25, 0.3) is 0 Å². The maximum Gasteiger partial charge on any atom is 0.162 e. The van der Waals surface area contributed by atoms with Gasteiger partial charge in [-0.3, -0.25) is 0 Å². The van der Waals surface area contributed by atoms with Crippen LogP contribution >= 0.6 is 0 Å². The molecule has 96 valence electrons. The highest BCUT2D eigenvalue weighted by Crippen LogP contribution is 2.27. The second-order valence-electron chi connectivity index (χ2n) is 3.96. The maximum absolute atomic E-state index is 8.79. The molecule has 0 aliphatic carbocycles. The number of allylic oxidation sites excluding steroid dienone is 1. The molecule has 0 saturated heterocycles. The number of unbranched alkanes of at least 4 members (excludes halogenated alkanes) is 3. The molecule has 0 unspecified atom stereocenters. The molecule has 3 nitrogen and oxygen atoms in total. The number of rotatable bonds is 8. The van der Waals surface area contributed by atoms with Gasteiger partial charge in [-0.25, -0.2) is 0 Å². The van der Waals surface area contributed by atoms with Gasteiger partial charge in [0.2, 0.25) is 0 Å².